The van der Waals surface area contributed by atoms with E-state index in [4.69, 9.17) is 16.0 Å². The molecule has 1 aliphatic carbocycles. The highest BCUT2D eigenvalue weighted by atomic mass is 35.5. The number of carbonyl (C=O) groups is 4. The number of nitrogens with one attached hydrogen (secondary N) is 1. The summed E-state index contributed by atoms with van der Waals surface area (Å²) in [5.74, 6) is -0.839. The zero-order chi connectivity index (χ0) is 24.4. The molecule has 3 amide bonds. The Morgan fingerprint density at radius 2 is 1.68 bits per heavy atom. The van der Waals surface area contributed by atoms with E-state index in [2.05, 4.69) is 5.32 Å². The Kier molecular flexibility index (Phi) is 4.98. The van der Waals surface area contributed by atoms with E-state index >= 15 is 0 Å². The molecule has 0 atom stereocenters. The van der Waals surface area contributed by atoms with Crippen LogP contribution in [0.5, 0.6) is 0 Å². The largest absolute Gasteiger partial charge is 0.455 e. The molecule has 1 N–H and O–H groups in total. The molecule has 2 heterocycles. The van der Waals surface area contributed by atoms with Gasteiger partial charge in [-0.1, -0.05) is 37.6 Å². The van der Waals surface area contributed by atoms with Gasteiger partial charge in [0.15, 0.2) is 11.5 Å². The van der Waals surface area contributed by atoms with Crippen LogP contribution < -0.4 is 10.2 Å². The summed E-state index contributed by atoms with van der Waals surface area (Å²) in [7, 11) is 0. The van der Waals surface area contributed by atoms with Gasteiger partial charge in [-0.3, -0.25) is 19.2 Å². The normalized spacial score (nSPS) is 16.5. The number of nitrogens with zero attached hydrogens (tertiary/aromatic N) is 1. The molecule has 0 bridgehead atoms. The molecule has 2 aliphatic rings. The van der Waals surface area contributed by atoms with Gasteiger partial charge in [0.1, 0.15) is 5.76 Å². The van der Waals surface area contributed by atoms with Crippen molar-refractivity contribution < 1.29 is 23.6 Å². The van der Waals surface area contributed by atoms with Crippen LogP contribution in [0.3, 0.4) is 0 Å². The van der Waals surface area contributed by atoms with Crippen LogP contribution in [0.4, 0.5) is 11.4 Å². The molecule has 0 spiro atoms. The van der Waals surface area contributed by atoms with Crippen molar-refractivity contribution in [1.82, 2.24) is 0 Å². The number of anilines is 2. The fourth-order valence-electron chi connectivity index (χ4n) is 4.66. The molecule has 0 radical (unpaired) electrons. The molecule has 34 heavy (non-hydrogen) atoms. The van der Waals surface area contributed by atoms with Crippen LogP contribution in [0, 0.1) is 12.3 Å². The fourth-order valence-corrected chi connectivity index (χ4v) is 4.93. The molecule has 7 nitrogen and oxygen atoms in total. The predicted octanol–water partition coefficient (Wildman–Crippen LogP) is 5.45. The second kappa shape index (κ2) is 7.67. The predicted molar refractivity (Wildman–Crippen MR) is 127 cm³/mol. The van der Waals surface area contributed by atoms with Crippen molar-refractivity contribution >= 4 is 46.5 Å². The van der Waals surface area contributed by atoms with Crippen molar-refractivity contribution in [2.45, 2.75) is 33.6 Å². The summed E-state index contributed by atoms with van der Waals surface area (Å²) in [6, 6.07) is 11.1. The molecule has 8 heteroatoms. The number of ketones is 1. The van der Waals surface area contributed by atoms with Crippen molar-refractivity contribution in [3.63, 3.8) is 0 Å². The molecule has 0 unspecified atom stereocenters. The zero-order valence-corrected chi connectivity index (χ0v) is 19.6. The summed E-state index contributed by atoms with van der Waals surface area (Å²) in [6.45, 7) is 5.68. The Morgan fingerprint density at radius 3 is 2.29 bits per heavy atom. The number of imide groups is 1. The third-order valence-electron chi connectivity index (χ3n) is 6.22. The van der Waals surface area contributed by atoms with E-state index in [1.165, 1.54) is 12.1 Å². The van der Waals surface area contributed by atoms with Crippen LogP contribution in [0.2, 0.25) is 5.02 Å². The number of carbonyl (C=O) groups excluding carboxylic acids is 4. The average molecular weight is 477 g/mol. The molecule has 0 saturated carbocycles. The highest BCUT2D eigenvalue weighted by Crippen LogP contribution is 2.39. The van der Waals surface area contributed by atoms with E-state index < -0.39 is 17.7 Å². The Balaban J connectivity index is 1.40. The number of hydrogen-bond donors (Lipinski definition) is 1. The van der Waals surface area contributed by atoms with Gasteiger partial charge < -0.3 is 9.73 Å². The lowest BCUT2D eigenvalue weighted by Gasteiger charge is -2.27. The molecule has 2 aromatic carbocycles. The number of halogens is 1. The number of fused-ring (bicyclic) bond motifs is 2. The van der Waals surface area contributed by atoms with Crippen LogP contribution >= 0.6 is 11.6 Å². The first-order valence-electron chi connectivity index (χ1n) is 10.8. The second-order valence-corrected chi connectivity index (χ2v) is 9.81. The molecular weight excluding hydrogens is 456 g/mol. The maximum atomic E-state index is 12.9. The van der Waals surface area contributed by atoms with E-state index in [1.807, 2.05) is 13.8 Å². The summed E-state index contributed by atoms with van der Waals surface area (Å²) < 4.78 is 5.81. The van der Waals surface area contributed by atoms with Gasteiger partial charge in [-0.25, -0.2) is 4.90 Å². The quantitative estimate of drug-likeness (QED) is 0.507. The van der Waals surface area contributed by atoms with E-state index in [9.17, 15) is 19.2 Å². The Morgan fingerprint density at radius 1 is 1.03 bits per heavy atom. The van der Waals surface area contributed by atoms with Gasteiger partial charge in [-0.2, -0.15) is 0 Å². The zero-order valence-electron chi connectivity index (χ0n) is 18.8. The van der Waals surface area contributed by atoms with Crippen molar-refractivity contribution in [3.8, 4) is 0 Å². The van der Waals surface area contributed by atoms with E-state index in [0.717, 1.165) is 4.90 Å². The number of rotatable bonds is 3. The first-order chi connectivity index (χ1) is 16.1. The summed E-state index contributed by atoms with van der Waals surface area (Å²) in [4.78, 5) is 52.1. The lowest BCUT2D eigenvalue weighted by Crippen LogP contribution is -2.29. The number of hydrogen-bond acceptors (Lipinski definition) is 5. The lowest BCUT2D eigenvalue weighted by molar-refractivity contribution is 0.0895. The molecule has 172 valence electrons. The van der Waals surface area contributed by atoms with Gasteiger partial charge >= 0.3 is 0 Å². The Bertz CT molecular complexity index is 1380. The maximum Gasteiger partial charge on any atom is 0.291 e. The van der Waals surface area contributed by atoms with Crippen molar-refractivity contribution in [2.24, 2.45) is 5.41 Å². The van der Waals surface area contributed by atoms with Gasteiger partial charge in [-0.15, -0.1) is 0 Å². The first kappa shape index (κ1) is 22.1. The summed E-state index contributed by atoms with van der Waals surface area (Å²) in [5, 5.41) is 2.85. The molecule has 1 aliphatic heterocycles. The summed E-state index contributed by atoms with van der Waals surface area (Å²) in [5.41, 5.74) is 1.99. The first-order valence-corrected chi connectivity index (χ1v) is 11.2. The SMILES string of the molecule is Cc1c(C(=O)Nc2ccc(N3C(=O)c4ccccc4C3=O)c(Cl)c2)oc2c1C(=O)CC(C)(C)C2. The minimum atomic E-state index is -0.512. The summed E-state index contributed by atoms with van der Waals surface area (Å²) >= 11 is 6.41. The number of Topliss-reactive ketones (excluding diaryl/α,β-unsaturated/α-hetero) is 1. The van der Waals surface area contributed by atoms with Crippen LogP contribution in [0.1, 0.15) is 73.2 Å². The van der Waals surface area contributed by atoms with E-state index in [1.54, 1.807) is 37.3 Å². The lowest BCUT2D eigenvalue weighted by atomic mass is 9.76. The molecule has 5 rings (SSSR count). The van der Waals surface area contributed by atoms with Crippen LogP contribution in [-0.4, -0.2) is 23.5 Å². The minimum Gasteiger partial charge on any atom is -0.455 e. The smallest absolute Gasteiger partial charge is 0.291 e. The number of amides is 3. The Labute approximate surface area is 200 Å². The third-order valence-corrected chi connectivity index (χ3v) is 6.53. The van der Waals surface area contributed by atoms with Crippen LogP contribution in [0.25, 0.3) is 0 Å². The van der Waals surface area contributed by atoms with Crippen molar-refractivity contribution in [3.05, 3.63) is 81.3 Å². The fraction of sp³-hybridized carbons (Fsp3) is 0.231. The van der Waals surface area contributed by atoms with E-state index in [-0.39, 0.29) is 27.7 Å². The van der Waals surface area contributed by atoms with Gasteiger partial charge in [0.2, 0.25) is 0 Å². The standard InChI is InChI=1S/C26H21ClN2O5/c1-13-21-19(30)11-26(2,3)12-20(21)34-22(13)23(31)28-14-8-9-18(17(27)10-14)29-24(32)15-6-4-5-7-16(15)25(29)33/h4-10H,11-12H2,1-3H3,(H,28,31). The Hall–Kier alpha value is -3.71. The highest BCUT2D eigenvalue weighted by Gasteiger charge is 2.38. The molecule has 3 aromatic rings. The molecular formula is C26H21ClN2O5. The van der Waals surface area contributed by atoms with E-state index in [0.29, 0.717) is 46.5 Å². The van der Waals surface area contributed by atoms with Gasteiger partial charge in [-0.05, 0) is 42.7 Å². The monoisotopic (exact) mass is 476 g/mol. The second-order valence-electron chi connectivity index (χ2n) is 9.41. The van der Waals surface area contributed by atoms with Crippen LogP contribution in [-0.2, 0) is 6.42 Å². The number of furan rings is 1. The molecule has 0 saturated heterocycles. The van der Waals surface area contributed by atoms with Crippen molar-refractivity contribution in [1.29, 1.82) is 0 Å². The highest BCUT2D eigenvalue weighted by molar-refractivity contribution is 6.40. The minimum absolute atomic E-state index is 0.0279. The average Bonchev–Trinajstić information content (AvgIpc) is 3.22. The molecule has 1 aromatic heterocycles. The number of benzene rings is 2. The molecule has 0 fully saturated rings. The topological polar surface area (TPSA) is 96.7 Å². The van der Waals surface area contributed by atoms with Crippen LogP contribution in [0.15, 0.2) is 46.9 Å². The van der Waals surface area contributed by atoms with Crippen molar-refractivity contribution in [2.75, 3.05) is 10.2 Å². The van der Waals surface area contributed by atoms with Gasteiger partial charge in [0.25, 0.3) is 17.7 Å². The third kappa shape index (κ3) is 3.44. The maximum absolute atomic E-state index is 12.9. The summed E-state index contributed by atoms with van der Waals surface area (Å²) in [6.07, 6.45) is 0.972. The van der Waals surface area contributed by atoms with Gasteiger partial charge in [0.05, 0.1) is 27.4 Å². The van der Waals surface area contributed by atoms with Gasteiger partial charge in [0, 0.05) is 24.1 Å².